The van der Waals surface area contributed by atoms with Gasteiger partial charge in [-0.05, 0) is 19.3 Å². The first-order valence-electron chi connectivity index (χ1n) is 38.5. The third kappa shape index (κ3) is 71.1. The van der Waals surface area contributed by atoms with Crippen molar-refractivity contribution >= 4 is 17.9 Å². The van der Waals surface area contributed by atoms with Gasteiger partial charge in [0, 0.05) is 19.3 Å². The van der Waals surface area contributed by atoms with Crippen molar-refractivity contribution in [3.8, 4) is 0 Å². The number of carbonyl (C=O) groups is 3. The third-order valence-corrected chi connectivity index (χ3v) is 18.1. The van der Waals surface area contributed by atoms with Crippen LogP contribution in [-0.4, -0.2) is 37.2 Å². The van der Waals surface area contributed by atoms with Crippen molar-refractivity contribution in [2.24, 2.45) is 0 Å². The van der Waals surface area contributed by atoms with Crippen molar-refractivity contribution in [2.75, 3.05) is 13.2 Å². The van der Waals surface area contributed by atoms with Crippen molar-refractivity contribution in [3.05, 3.63) is 0 Å². The molecular formula is C77H150O6. The van der Waals surface area contributed by atoms with Crippen LogP contribution in [0.3, 0.4) is 0 Å². The Labute approximate surface area is 520 Å². The minimum absolute atomic E-state index is 0.0602. The second-order valence-electron chi connectivity index (χ2n) is 26.6. The molecule has 0 rings (SSSR count). The molecule has 0 N–H and O–H groups in total. The monoisotopic (exact) mass is 1170 g/mol. The molecule has 0 aromatic rings. The van der Waals surface area contributed by atoms with Gasteiger partial charge in [0.1, 0.15) is 13.2 Å². The van der Waals surface area contributed by atoms with Crippen molar-refractivity contribution in [1.29, 1.82) is 0 Å². The van der Waals surface area contributed by atoms with Gasteiger partial charge in [0.25, 0.3) is 0 Å². The molecule has 0 amide bonds. The van der Waals surface area contributed by atoms with Gasteiger partial charge in [-0.25, -0.2) is 0 Å². The van der Waals surface area contributed by atoms with Crippen LogP contribution < -0.4 is 0 Å². The first-order valence-corrected chi connectivity index (χ1v) is 38.5. The molecular weight excluding hydrogens is 1020 g/mol. The van der Waals surface area contributed by atoms with E-state index in [9.17, 15) is 14.4 Å². The second kappa shape index (κ2) is 72.9. The number of esters is 3. The van der Waals surface area contributed by atoms with Gasteiger partial charge < -0.3 is 14.2 Å². The summed E-state index contributed by atoms with van der Waals surface area (Å²) < 4.78 is 17.0. The zero-order valence-corrected chi connectivity index (χ0v) is 57.0. The second-order valence-corrected chi connectivity index (χ2v) is 26.6. The highest BCUT2D eigenvalue weighted by Crippen LogP contribution is 2.20. The van der Waals surface area contributed by atoms with Crippen molar-refractivity contribution in [3.63, 3.8) is 0 Å². The number of hydrogen-bond acceptors (Lipinski definition) is 6. The number of hydrogen-bond donors (Lipinski definition) is 0. The van der Waals surface area contributed by atoms with E-state index in [1.165, 1.54) is 360 Å². The fourth-order valence-corrected chi connectivity index (χ4v) is 12.3. The van der Waals surface area contributed by atoms with Crippen LogP contribution in [0.15, 0.2) is 0 Å². The van der Waals surface area contributed by atoms with E-state index in [4.69, 9.17) is 14.2 Å². The summed E-state index contributed by atoms with van der Waals surface area (Å²) >= 11 is 0. The van der Waals surface area contributed by atoms with Crippen molar-refractivity contribution < 1.29 is 28.6 Å². The molecule has 83 heavy (non-hydrogen) atoms. The van der Waals surface area contributed by atoms with Gasteiger partial charge in [-0.2, -0.15) is 0 Å². The Bertz CT molecular complexity index is 1250. The number of carbonyl (C=O) groups excluding carboxylic acids is 3. The summed E-state index contributed by atoms with van der Waals surface area (Å²) in [5, 5.41) is 0. The lowest BCUT2D eigenvalue weighted by Crippen LogP contribution is -2.30. The Balaban J connectivity index is 4.09. The fraction of sp³-hybridized carbons (Fsp3) is 0.961. The molecule has 0 aromatic heterocycles. The van der Waals surface area contributed by atoms with Crippen molar-refractivity contribution in [2.45, 2.75) is 463 Å². The van der Waals surface area contributed by atoms with E-state index in [1.54, 1.807) is 0 Å². The highest BCUT2D eigenvalue weighted by molar-refractivity contribution is 5.71. The molecule has 1 atom stereocenters. The summed E-state index contributed by atoms with van der Waals surface area (Å²) in [6, 6.07) is 0. The van der Waals surface area contributed by atoms with Crippen LogP contribution in [0.25, 0.3) is 0 Å². The van der Waals surface area contributed by atoms with E-state index in [2.05, 4.69) is 20.8 Å². The third-order valence-electron chi connectivity index (χ3n) is 18.1. The lowest BCUT2D eigenvalue weighted by Gasteiger charge is -2.18. The highest BCUT2D eigenvalue weighted by atomic mass is 16.6. The summed E-state index contributed by atoms with van der Waals surface area (Å²) in [4.78, 5) is 38.4. The quantitative estimate of drug-likeness (QED) is 0.0343. The standard InChI is InChI=1S/C77H150O6/c1-4-7-10-13-16-19-22-24-26-28-30-32-34-36-38-40-42-44-46-48-50-52-55-58-61-64-67-70-76(79)82-73-74(72-81-75(78)69-66-63-60-57-54-21-18-15-12-9-6-3)83-77(80)71-68-65-62-59-56-53-51-49-47-45-43-41-39-37-35-33-31-29-27-25-23-20-17-14-11-8-5-2/h74H,4-73H2,1-3H3. The zero-order chi connectivity index (χ0) is 59.9. The minimum Gasteiger partial charge on any atom is -0.462 e. The fourth-order valence-electron chi connectivity index (χ4n) is 12.3. The SMILES string of the molecule is CCCCCCCCCCCCCCCCCCCCCCCCCCCCCC(=O)OCC(COC(=O)CCCCCCCCCCCCC)OC(=O)CCCCCCCCCCCCCCCCCCCCCCCCCCCCC. The van der Waals surface area contributed by atoms with E-state index in [1.807, 2.05) is 0 Å². The first kappa shape index (κ1) is 81.4. The lowest BCUT2D eigenvalue weighted by molar-refractivity contribution is -0.167. The lowest BCUT2D eigenvalue weighted by atomic mass is 10.0. The Morgan fingerprint density at radius 3 is 0.482 bits per heavy atom. The molecule has 0 aromatic carbocycles. The van der Waals surface area contributed by atoms with Gasteiger partial charge in [-0.15, -0.1) is 0 Å². The van der Waals surface area contributed by atoms with Crippen LogP contribution in [0.1, 0.15) is 457 Å². The molecule has 0 radical (unpaired) electrons. The predicted molar refractivity (Wildman–Crippen MR) is 363 cm³/mol. The van der Waals surface area contributed by atoms with Crippen LogP contribution in [0, 0.1) is 0 Å². The first-order chi connectivity index (χ1) is 41.0. The molecule has 0 aliphatic carbocycles. The molecule has 0 heterocycles. The molecule has 494 valence electrons. The minimum atomic E-state index is -0.763. The Morgan fingerprint density at radius 1 is 0.193 bits per heavy atom. The average molecular weight is 1170 g/mol. The van der Waals surface area contributed by atoms with Gasteiger partial charge in [0.15, 0.2) is 6.10 Å². The van der Waals surface area contributed by atoms with Gasteiger partial charge in [-0.1, -0.05) is 419 Å². The Hall–Kier alpha value is -1.59. The Morgan fingerprint density at radius 2 is 0.325 bits per heavy atom. The summed E-state index contributed by atoms with van der Waals surface area (Å²) in [5.74, 6) is -0.819. The summed E-state index contributed by atoms with van der Waals surface area (Å²) in [6.07, 6.45) is 87.4. The smallest absolute Gasteiger partial charge is 0.306 e. The largest absolute Gasteiger partial charge is 0.462 e. The molecule has 1 unspecified atom stereocenters. The molecule has 0 aliphatic rings. The summed E-state index contributed by atoms with van der Waals surface area (Å²) in [6.45, 7) is 6.74. The van der Waals surface area contributed by atoms with E-state index in [0.29, 0.717) is 19.3 Å². The van der Waals surface area contributed by atoms with Gasteiger partial charge >= 0.3 is 17.9 Å². The average Bonchev–Trinajstić information content (AvgIpc) is 3.48. The normalized spacial score (nSPS) is 11.9. The molecule has 6 heteroatoms. The van der Waals surface area contributed by atoms with Gasteiger partial charge in [-0.3, -0.25) is 14.4 Å². The molecule has 0 bridgehead atoms. The van der Waals surface area contributed by atoms with Crippen LogP contribution >= 0.6 is 0 Å². The highest BCUT2D eigenvalue weighted by Gasteiger charge is 2.20. The number of unbranched alkanes of at least 4 members (excludes halogenated alkanes) is 62. The summed E-state index contributed by atoms with van der Waals surface area (Å²) in [7, 11) is 0. The molecule has 0 saturated carbocycles. The van der Waals surface area contributed by atoms with Gasteiger partial charge in [0.05, 0.1) is 0 Å². The topological polar surface area (TPSA) is 78.9 Å². The van der Waals surface area contributed by atoms with Crippen LogP contribution in [0.4, 0.5) is 0 Å². The molecule has 0 fully saturated rings. The maximum Gasteiger partial charge on any atom is 0.306 e. The van der Waals surface area contributed by atoms with Gasteiger partial charge in [0.2, 0.25) is 0 Å². The van der Waals surface area contributed by atoms with Crippen LogP contribution in [-0.2, 0) is 28.6 Å². The molecule has 0 saturated heterocycles. The molecule has 6 nitrogen and oxygen atoms in total. The van der Waals surface area contributed by atoms with E-state index in [0.717, 1.165) is 57.8 Å². The number of ether oxygens (including phenoxy) is 3. The van der Waals surface area contributed by atoms with E-state index >= 15 is 0 Å². The van der Waals surface area contributed by atoms with E-state index < -0.39 is 6.10 Å². The molecule has 0 spiro atoms. The maximum atomic E-state index is 13.0. The molecule has 0 aliphatic heterocycles. The Kier molecular flexibility index (Phi) is 71.5. The maximum absolute atomic E-state index is 13.0. The van der Waals surface area contributed by atoms with Crippen LogP contribution in [0.2, 0.25) is 0 Å². The predicted octanol–water partition coefficient (Wildman–Crippen LogP) is 26.6. The van der Waals surface area contributed by atoms with E-state index in [-0.39, 0.29) is 31.1 Å². The summed E-state index contributed by atoms with van der Waals surface area (Å²) in [5.41, 5.74) is 0. The van der Waals surface area contributed by atoms with Crippen molar-refractivity contribution in [1.82, 2.24) is 0 Å². The zero-order valence-electron chi connectivity index (χ0n) is 57.0. The van der Waals surface area contributed by atoms with Crippen LogP contribution in [0.5, 0.6) is 0 Å². The number of rotatable bonds is 73.